The second-order valence-electron chi connectivity index (χ2n) is 1.46. The maximum absolute atomic E-state index is 5.28. The van der Waals surface area contributed by atoms with E-state index in [0.29, 0.717) is 13.0 Å². The van der Waals surface area contributed by atoms with Crippen LogP contribution in [-0.4, -0.2) is 39.4 Å². The van der Waals surface area contributed by atoms with Gasteiger partial charge >= 0.3 is 0 Å². The van der Waals surface area contributed by atoms with Crippen molar-refractivity contribution < 1.29 is 0 Å². The Balaban J connectivity index is 3.07. The van der Waals surface area contributed by atoms with Crippen LogP contribution in [0.5, 0.6) is 0 Å². The molecule has 0 aliphatic rings. The molecule has 46 valence electrons. The van der Waals surface area contributed by atoms with Crippen molar-refractivity contribution >= 4 is 7.85 Å². The first-order chi connectivity index (χ1) is 3.85. The Kier molecular flexibility index (Phi) is 5.05. The fourth-order valence-electron chi connectivity index (χ4n) is 0.450. The molecule has 0 aliphatic carbocycles. The minimum Gasteiger partial charge on any atom is -0.329 e. The number of nitrogens with one attached hydrogen (secondary N) is 1. The quantitative estimate of drug-likeness (QED) is 0.344. The van der Waals surface area contributed by atoms with Crippen molar-refractivity contribution in [3.63, 3.8) is 0 Å². The lowest BCUT2D eigenvalue weighted by Gasteiger charge is -2.17. The maximum Gasteiger partial charge on any atom is 0.0883 e. The third-order valence-corrected chi connectivity index (χ3v) is 0.936. The van der Waals surface area contributed by atoms with Crippen LogP contribution in [0.1, 0.15) is 0 Å². The number of nitrogens with two attached hydrogens (primary N) is 1. The van der Waals surface area contributed by atoms with Gasteiger partial charge in [0.25, 0.3) is 0 Å². The molecule has 0 fully saturated rings. The third-order valence-electron chi connectivity index (χ3n) is 0.936. The van der Waals surface area contributed by atoms with Crippen LogP contribution in [0, 0.1) is 0 Å². The molecule has 0 heterocycles. The minimum atomic E-state index is 0.508. The van der Waals surface area contributed by atoms with Gasteiger partial charge in [0.1, 0.15) is 0 Å². The number of hydrogen-bond acceptors (Lipinski definition) is 3. The van der Waals surface area contributed by atoms with Gasteiger partial charge in [0, 0.05) is 13.1 Å². The van der Waals surface area contributed by atoms with Crippen molar-refractivity contribution in [3.05, 3.63) is 0 Å². The highest BCUT2D eigenvalue weighted by Gasteiger charge is 1.91. The van der Waals surface area contributed by atoms with E-state index in [0.717, 1.165) is 6.54 Å². The van der Waals surface area contributed by atoms with Crippen LogP contribution in [0.2, 0.25) is 0 Å². The molecule has 0 aromatic heterocycles. The molecule has 2 radical (unpaired) electrons. The molecule has 0 rings (SSSR count). The summed E-state index contributed by atoms with van der Waals surface area (Å²) in [4.78, 5) is 0. The molecule has 3 N–H and O–H groups in total. The van der Waals surface area contributed by atoms with Gasteiger partial charge in [-0.05, 0) is 13.5 Å². The van der Waals surface area contributed by atoms with E-state index < -0.39 is 0 Å². The Bertz CT molecular complexity index is 46.5. The van der Waals surface area contributed by atoms with Crippen molar-refractivity contribution in [1.29, 1.82) is 0 Å². The second kappa shape index (κ2) is 5.09. The van der Waals surface area contributed by atoms with Crippen molar-refractivity contribution in [2.75, 3.05) is 26.6 Å². The summed E-state index contributed by atoms with van der Waals surface area (Å²) in [6.45, 7) is 1.44. The van der Waals surface area contributed by atoms with E-state index in [2.05, 4.69) is 5.43 Å². The fourth-order valence-corrected chi connectivity index (χ4v) is 0.450. The van der Waals surface area contributed by atoms with E-state index in [1.54, 1.807) is 0 Å². The molecule has 0 atom stereocenters. The van der Waals surface area contributed by atoms with Crippen LogP contribution in [0.25, 0.3) is 0 Å². The molecule has 3 nitrogen and oxygen atoms in total. The number of rotatable bonds is 4. The zero-order valence-electron chi connectivity index (χ0n) is 5.22. The lowest BCUT2D eigenvalue weighted by molar-refractivity contribution is 0.252. The van der Waals surface area contributed by atoms with E-state index in [1.165, 1.54) is 0 Å². The molecular weight excluding hydrogens is 101 g/mol. The van der Waals surface area contributed by atoms with Crippen LogP contribution in [0.4, 0.5) is 0 Å². The summed E-state index contributed by atoms with van der Waals surface area (Å²) in [7, 11) is 7.10. The van der Waals surface area contributed by atoms with E-state index in [1.807, 2.05) is 12.1 Å². The summed E-state index contributed by atoms with van der Waals surface area (Å²) in [5.41, 5.74) is 8.12. The van der Waals surface area contributed by atoms with Crippen molar-refractivity contribution in [3.8, 4) is 0 Å². The highest BCUT2D eigenvalue weighted by Crippen LogP contribution is 1.71. The molecule has 0 bridgehead atoms. The first kappa shape index (κ1) is 7.94. The first-order valence-corrected chi connectivity index (χ1v) is 2.67. The van der Waals surface area contributed by atoms with Crippen LogP contribution in [0.15, 0.2) is 0 Å². The summed E-state index contributed by atoms with van der Waals surface area (Å²) in [6.07, 6.45) is 0.508. The summed E-state index contributed by atoms with van der Waals surface area (Å²) < 4.78 is 0. The standard InChI is InChI=1S/C4H12BN3/c1-7-8(4-5)3-2-6/h7H,2-4,6H2,1H3. The highest BCUT2D eigenvalue weighted by atomic mass is 15.5. The number of hydrazine groups is 1. The SMILES string of the molecule is [B]CN(CCN)NC. The lowest BCUT2D eigenvalue weighted by atomic mass is 10.1. The third kappa shape index (κ3) is 3.01. The van der Waals surface area contributed by atoms with Gasteiger partial charge in [-0.15, -0.1) is 0 Å². The molecule has 8 heavy (non-hydrogen) atoms. The van der Waals surface area contributed by atoms with Gasteiger partial charge < -0.3 is 5.73 Å². The van der Waals surface area contributed by atoms with Crippen LogP contribution in [0.3, 0.4) is 0 Å². The van der Waals surface area contributed by atoms with Gasteiger partial charge in [0.2, 0.25) is 0 Å². The predicted octanol–water partition coefficient (Wildman–Crippen LogP) is -1.49. The minimum absolute atomic E-state index is 0.508. The van der Waals surface area contributed by atoms with Gasteiger partial charge in [0.15, 0.2) is 0 Å². The second-order valence-corrected chi connectivity index (χ2v) is 1.46. The van der Waals surface area contributed by atoms with E-state index >= 15 is 0 Å². The topological polar surface area (TPSA) is 41.3 Å². The molecule has 0 unspecified atom stereocenters. The zero-order chi connectivity index (χ0) is 6.41. The number of nitrogens with zero attached hydrogens (tertiary/aromatic N) is 1. The van der Waals surface area contributed by atoms with Gasteiger partial charge in [-0.25, -0.2) is 0 Å². The summed E-state index contributed by atoms with van der Waals surface area (Å²) in [5, 5.41) is 1.83. The van der Waals surface area contributed by atoms with Crippen molar-refractivity contribution in [2.45, 2.75) is 0 Å². The average molecular weight is 113 g/mol. The van der Waals surface area contributed by atoms with Gasteiger partial charge in [-0.3, -0.25) is 10.4 Å². The molecule has 0 amide bonds. The predicted molar refractivity (Wildman–Crippen MR) is 35.4 cm³/mol. The van der Waals surface area contributed by atoms with Crippen molar-refractivity contribution in [2.24, 2.45) is 5.73 Å². The lowest BCUT2D eigenvalue weighted by Crippen LogP contribution is -2.39. The maximum atomic E-state index is 5.28. The van der Waals surface area contributed by atoms with E-state index in [4.69, 9.17) is 13.6 Å². The fraction of sp³-hybridized carbons (Fsp3) is 1.00. The Hall–Kier alpha value is -0.0551. The molecule has 0 aliphatic heterocycles. The molecule has 0 saturated carbocycles. The van der Waals surface area contributed by atoms with Crippen molar-refractivity contribution in [1.82, 2.24) is 10.4 Å². The summed E-state index contributed by atoms with van der Waals surface area (Å²) in [6, 6.07) is 0. The summed E-state index contributed by atoms with van der Waals surface area (Å²) >= 11 is 0. The van der Waals surface area contributed by atoms with E-state index in [9.17, 15) is 0 Å². The van der Waals surface area contributed by atoms with Crippen LogP contribution < -0.4 is 11.2 Å². The molecule has 0 aromatic carbocycles. The molecular formula is C4H12BN3. The van der Waals surface area contributed by atoms with Crippen LogP contribution >= 0.6 is 0 Å². The molecule has 0 spiro atoms. The molecule has 0 aromatic rings. The molecule has 4 heteroatoms. The Morgan fingerprint density at radius 3 is 2.50 bits per heavy atom. The van der Waals surface area contributed by atoms with Gasteiger partial charge in [-0.2, -0.15) is 0 Å². The monoisotopic (exact) mass is 113 g/mol. The molecule has 0 saturated heterocycles. The number of hydrogen-bond donors (Lipinski definition) is 2. The Labute approximate surface area is 51.6 Å². The Morgan fingerprint density at radius 2 is 2.38 bits per heavy atom. The summed E-state index contributed by atoms with van der Waals surface area (Å²) in [5.74, 6) is 0. The largest absolute Gasteiger partial charge is 0.329 e. The average Bonchev–Trinajstić information content (AvgIpc) is 1.83. The van der Waals surface area contributed by atoms with Gasteiger partial charge in [0.05, 0.1) is 7.85 Å². The normalized spacial score (nSPS) is 10.4. The van der Waals surface area contributed by atoms with Gasteiger partial charge in [-0.1, -0.05) is 0 Å². The van der Waals surface area contributed by atoms with E-state index in [-0.39, 0.29) is 0 Å². The highest BCUT2D eigenvalue weighted by molar-refractivity contribution is 6.08. The smallest absolute Gasteiger partial charge is 0.0883 e. The zero-order valence-corrected chi connectivity index (χ0v) is 5.22. The van der Waals surface area contributed by atoms with Crippen LogP contribution in [-0.2, 0) is 0 Å². The first-order valence-electron chi connectivity index (χ1n) is 2.67. The Morgan fingerprint density at radius 1 is 1.75 bits per heavy atom.